The number of halogens is 1. The SMILES string of the molecule is CCC=CCOc1cc(NC(=O)c2ccoc2C)ccc1Cl. The van der Waals surface area contributed by atoms with E-state index in [2.05, 4.69) is 12.2 Å². The fraction of sp³-hybridized carbons (Fsp3) is 0.235. The molecule has 116 valence electrons. The predicted octanol–water partition coefficient (Wildman–Crippen LogP) is 4.84. The lowest BCUT2D eigenvalue weighted by atomic mass is 10.2. The van der Waals surface area contributed by atoms with Gasteiger partial charge in [0, 0.05) is 11.8 Å². The molecular weight excluding hydrogens is 302 g/mol. The van der Waals surface area contributed by atoms with Gasteiger partial charge < -0.3 is 14.5 Å². The minimum Gasteiger partial charge on any atom is -0.488 e. The van der Waals surface area contributed by atoms with Crippen LogP contribution in [-0.4, -0.2) is 12.5 Å². The van der Waals surface area contributed by atoms with Crippen molar-refractivity contribution in [1.29, 1.82) is 0 Å². The van der Waals surface area contributed by atoms with Crippen molar-refractivity contribution in [2.24, 2.45) is 0 Å². The molecule has 0 saturated carbocycles. The number of carbonyl (C=O) groups excluding carboxylic acids is 1. The summed E-state index contributed by atoms with van der Waals surface area (Å²) in [7, 11) is 0. The van der Waals surface area contributed by atoms with E-state index in [0.717, 1.165) is 6.42 Å². The summed E-state index contributed by atoms with van der Waals surface area (Å²) in [6.45, 7) is 4.23. The molecule has 1 heterocycles. The largest absolute Gasteiger partial charge is 0.488 e. The number of benzene rings is 1. The van der Waals surface area contributed by atoms with Gasteiger partial charge in [0.2, 0.25) is 0 Å². The van der Waals surface area contributed by atoms with Gasteiger partial charge in [-0.15, -0.1) is 0 Å². The highest BCUT2D eigenvalue weighted by atomic mass is 35.5. The first-order valence-corrected chi connectivity index (χ1v) is 7.42. The first-order valence-electron chi connectivity index (χ1n) is 7.04. The summed E-state index contributed by atoms with van der Waals surface area (Å²) in [6, 6.07) is 6.76. The maximum absolute atomic E-state index is 12.1. The van der Waals surface area contributed by atoms with Gasteiger partial charge in [-0.25, -0.2) is 0 Å². The Labute approximate surface area is 134 Å². The maximum atomic E-state index is 12.1. The number of hydrogen-bond acceptors (Lipinski definition) is 3. The first kappa shape index (κ1) is 16.2. The molecule has 1 amide bonds. The minimum absolute atomic E-state index is 0.231. The Kier molecular flexibility index (Phi) is 5.67. The van der Waals surface area contributed by atoms with E-state index in [9.17, 15) is 4.79 Å². The molecule has 22 heavy (non-hydrogen) atoms. The van der Waals surface area contributed by atoms with E-state index in [4.69, 9.17) is 20.8 Å². The van der Waals surface area contributed by atoms with Crippen molar-refractivity contribution in [2.45, 2.75) is 20.3 Å². The Morgan fingerprint density at radius 3 is 2.86 bits per heavy atom. The number of amides is 1. The Morgan fingerprint density at radius 1 is 1.36 bits per heavy atom. The minimum atomic E-state index is -0.231. The second kappa shape index (κ2) is 7.71. The van der Waals surface area contributed by atoms with Gasteiger partial charge in [-0.05, 0) is 31.5 Å². The van der Waals surface area contributed by atoms with Crippen molar-refractivity contribution in [3.8, 4) is 5.75 Å². The van der Waals surface area contributed by atoms with Crippen molar-refractivity contribution < 1.29 is 13.9 Å². The van der Waals surface area contributed by atoms with Gasteiger partial charge in [-0.3, -0.25) is 4.79 Å². The topological polar surface area (TPSA) is 51.5 Å². The number of ether oxygens (including phenoxy) is 1. The van der Waals surface area contributed by atoms with E-state index >= 15 is 0 Å². The van der Waals surface area contributed by atoms with Crippen LogP contribution in [0.15, 0.2) is 47.1 Å². The molecule has 0 spiro atoms. The lowest BCUT2D eigenvalue weighted by Crippen LogP contribution is -2.12. The number of rotatable bonds is 6. The van der Waals surface area contributed by atoms with E-state index in [1.165, 1.54) is 6.26 Å². The van der Waals surface area contributed by atoms with Crippen LogP contribution in [0.5, 0.6) is 5.75 Å². The third kappa shape index (κ3) is 4.15. The Morgan fingerprint density at radius 2 is 2.18 bits per heavy atom. The number of aryl methyl sites for hydroxylation is 1. The van der Waals surface area contributed by atoms with Crippen LogP contribution < -0.4 is 10.1 Å². The highest BCUT2D eigenvalue weighted by Gasteiger charge is 2.12. The lowest BCUT2D eigenvalue weighted by Gasteiger charge is -2.09. The van der Waals surface area contributed by atoms with Crippen LogP contribution in [0.25, 0.3) is 0 Å². The standard InChI is InChI=1S/C17H18ClNO3/c1-3-4-5-9-22-16-11-13(6-7-15(16)18)19-17(20)14-8-10-21-12(14)2/h4-8,10-11H,3,9H2,1-2H3,(H,19,20). The fourth-order valence-electron chi connectivity index (χ4n) is 1.88. The zero-order chi connectivity index (χ0) is 15.9. The second-order valence-corrected chi connectivity index (χ2v) is 5.09. The average Bonchev–Trinajstić information content (AvgIpc) is 2.93. The van der Waals surface area contributed by atoms with Crippen LogP contribution in [0.3, 0.4) is 0 Å². The van der Waals surface area contributed by atoms with Crippen LogP contribution in [-0.2, 0) is 0 Å². The average molecular weight is 320 g/mol. The number of anilines is 1. The molecule has 0 atom stereocenters. The molecule has 0 aliphatic rings. The van der Waals surface area contributed by atoms with Gasteiger partial charge in [0.25, 0.3) is 5.91 Å². The van der Waals surface area contributed by atoms with Gasteiger partial charge in [-0.1, -0.05) is 30.7 Å². The molecule has 4 nitrogen and oxygen atoms in total. The summed E-state index contributed by atoms with van der Waals surface area (Å²) < 4.78 is 10.7. The summed E-state index contributed by atoms with van der Waals surface area (Å²) in [5.74, 6) is 0.877. The van der Waals surface area contributed by atoms with Crippen LogP contribution in [0.2, 0.25) is 5.02 Å². The van der Waals surface area contributed by atoms with Gasteiger partial charge in [0.1, 0.15) is 18.1 Å². The predicted molar refractivity (Wildman–Crippen MR) is 87.8 cm³/mol. The Hall–Kier alpha value is -2.20. The Bertz CT molecular complexity index is 676. The zero-order valence-electron chi connectivity index (χ0n) is 12.6. The molecule has 1 aromatic heterocycles. The zero-order valence-corrected chi connectivity index (χ0v) is 13.3. The molecule has 0 radical (unpaired) electrons. The molecule has 1 N–H and O–H groups in total. The summed E-state index contributed by atoms with van der Waals surface area (Å²) in [5.41, 5.74) is 1.12. The van der Waals surface area contributed by atoms with E-state index in [1.807, 2.05) is 12.2 Å². The normalized spacial score (nSPS) is 10.9. The summed E-state index contributed by atoms with van der Waals surface area (Å²) in [5, 5.41) is 3.30. The van der Waals surface area contributed by atoms with Crippen molar-refractivity contribution in [3.63, 3.8) is 0 Å². The fourth-order valence-corrected chi connectivity index (χ4v) is 2.06. The van der Waals surface area contributed by atoms with Crippen LogP contribution in [0, 0.1) is 6.92 Å². The van der Waals surface area contributed by atoms with Crippen LogP contribution in [0.1, 0.15) is 29.5 Å². The maximum Gasteiger partial charge on any atom is 0.259 e. The number of hydrogen-bond donors (Lipinski definition) is 1. The molecule has 0 aliphatic carbocycles. The van der Waals surface area contributed by atoms with Crippen molar-refractivity contribution in [1.82, 2.24) is 0 Å². The molecule has 0 bridgehead atoms. The molecular formula is C17H18ClNO3. The van der Waals surface area contributed by atoms with Crippen LogP contribution >= 0.6 is 11.6 Å². The molecule has 0 fully saturated rings. The van der Waals surface area contributed by atoms with Crippen molar-refractivity contribution >= 4 is 23.2 Å². The van der Waals surface area contributed by atoms with Crippen molar-refractivity contribution in [2.75, 3.05) is 11.9 Å². The van der Waals surface area contributed by atoms with Gasteiger partial charge in [0.05, 0.1) is 16.8 Å². The van der Waals surface area contributed by atoms with Crippen LogP contribution in [0.4, 0.5) is 5.69 Å². The second-order valence-electron chi connectivity index (χ2n) is 4.68. The van der Waals surface area contributed by atoms with E-state index in [-0.39, 0.29) is 5.91 Å². The lowest BCUT2D eigenvalue weighted by molar-refractivity contribution is 0.102. The molecule has 5 heteroatoms. The van der Waals surface area contributed by atoms with Gasteiger partial charge >= 0.3 is 0 Å². The molecule has 0 aliphatic heterocycles. The smallest absolute Gasteiger partial charge is 0.259 e. The third-order valence-corrected chi connectivity index (χ3v) is 3.34. The summed E-state index contributed by atoms with van der Waals surface area (Å²) in [4.78, 5) is 12.1. The van der Waals surface area contributed by atoms with E-state index in [1.54, 1.807) is 31.2 Å². The quantitative estimate of drug-likeness (QED) is 0.775. The number of allylic oxidation sites excluding steroid dienone is 1. The van der Waals surface area contributed by atoms with Crippen molar-refractivity contribution in [3.05, 3.63) is 59.0 Å². The molecule has 0 unspecified atom stereocenters. The molecule has 2 aromatic rings. The molecule has 1 aromatic carbocycles. The number of carbonyl (C=O) groups is 1. The summed E-state index contributed by atoms with van der Waals surface area (Å²) >= 11 is 6.09. The highest BCUT2D eigenvalue weighted by molar-refractivity contribution is 6.32. The highest BCUT2D eigenvalue weighted by Crippen LogP contribution is 2.28. The first-order chi connectivity index (χ1) is 10.6. The van der Waals surface area contributed by atoms with Gasteiger partial charge in [0.15, 0.2) is 0 Å². The summed E-state index contributed by atoms with van der Waals surface area (Å²) in [6.07, 6.45) is 6.38. The monoisotopic (exact) mass is 319 g/mol. The number of nitrogens with one attached hydrogen (secondary N) is 1. The van der Waals surface area contributed by atoms with Gasteiger partial charge in [-0.2, -0.15) is 0 Å². The molecule has 2 rings (SSSR count). The number of furan rings is 1. The Balaban J connectivity index is 2.07. The van der Waals surface area contributed by atoms with E-state index < -0.39 is 0 Å². The van der Waals surface area contributed by atoms with E-state index in [0.29, 0.717) is 34.4 Å². The third-order valence-electron chi connectivity index (χ3n) is 3.03. The molecule has 0 saturated heterocycles.